The second-order valence-electron chi connectivity index (χ2n) is 16.2. The predicted molar refractivity (Wildman–Crippen MR) is 229 cm³/mol. The minimum absolute atomic E-state index is 0.215. The molecule has 0 bridgehead atoms. The minimum atomic E-state index is -1.59. The molecule has 0 saturated carbocycles. The molecule has 0 spiro atoms. The maximum absolute atomic E-state index is 12.8. The first kappa shape index (κ1) is 53.2. The van der Waals surface area contributed by atoms with Gasteiger partial charge in [-0.15, -0.1) is 0 Å². The van der Waals surface area contributed by atoms with E-state index >= 15 is 0 Å². The molecule has 1 heterocycles. The maximum atomic E-state index is 12.8. The zero-order valence-electron chi connectivity index (χ0n) is 36.3. The van der Waals surface area contributed by atoms with Gasteiger partial charge in [0, 0.05) is 12.8 Å². The highest BCUT2D eigenvalue weighted by molar-refractivity contribution is 5.70. The number of unbranched alkanes of at least 4 members (excludes halogenated alkanes) is 24. The highest BCUT2D eigenvalue weighted by atomic mass is 16.7. The van der Waals surface area contributed by atoms with Gasteiger partial charge in [0.25, 0.3) is 0 Å². The number of rotatable bonds is 39. The van der Waals surface area contributed by atoms with E-state index in [-0.39, 0.29) is 32.0 Å². The van der Waals surface area contributed by atoms with Crippen molar-refractivity contribution in [1.82, 2.24) is 0 Å². The summed E-state index contributed by atoms with van der Waals surface area (Å²) in [5.41, 5.74) is 0. The molecule has 4 N–H and O–H groups in total. The van der Waals surface area contributed by atoms with Crippen molar-refractivity contribution in [2.75, 3.05) is 19.8 Å². The summed E-state index contributed by atoms with van der Waals surface area (Å²) in [5, 5.41) is 40.1. The summed E-state index contributed by atoms with van der Waals surface area (Å²) in [6.45, 7) is 3.41. The third kappa shape index (κ3) is 30.0. The summed E-state index contributed by atoms with van der Waals surface area (Å²) in [4.78, 5) is 25.3. The Balaban J connectivity index is 2.30. The van der Waals surface area contributed by atoms with E-state index in [9.17, 15) is 30.0 Å². The monoisotopic (exact) mass is 811 g/mol. The number of carbonyl (C=O) groups excluding carboxylic acids is 2. The van der Waals surface area contributed by atoms with Crippen LogP contribution in [0, 0.1) is 0 Å². The average molecular weight is 811 g/mol. The Morgan fingerprint density at radius 2 is 0.982 bits per heavy atom. The zero-order chi connectivity index (χ0) is 41.6. The van der Waals surface area contributed by atoms with Crippen molar-refractivity contribution in [3.63, 3.8) is 0 Å². The van der Waals surface area contributed by atoms with Crippen LogP contribution in [0.25, 0.3) is 0 Å². The van der Waals surface area contributed by atoms with Gasteiger partial charge in [-0.2, -0.15) is 0 Å². The molecule has 0 radical (unpaired) electrons. The van der Waals surface area contributed by atoms with Crippen LogP contribution in [0.5, 0.6) is 0 Å². The van der Waals surface area contributed by atoms with Crippen LogP contribution in [-0.4, -0.2) is 89.0 Å². The fraction of sp³-hybridized carbons (Fsp3) is 0.872. The van der Waals surface area contributed by atoms with Crippen molar-refractivity contribution in [2.24, 2.45) is 0 Å². The van der Waals surface area contributed by atoms with Gasteiger partial charge in [-0.05, 0) is 44.9 Å². The number of hydrogen-bond acceptors (Lipinski definition) is 10. The number of esters is 2. The van der Waals surface area contributed by atoms with Gasteiger partial charge in [0.05, 0.1) is 13.2 Å². The summed E-state index contributed by atoms with van der Waals surface area (Å²) in [7, 11) is 0. The smallest absolute Gasteiger partial charge is 0.306 e. The quantitative estimate of drug-likeness (QED) is 0.0268. The molecule has 1 rings (SSSR count). The van der Waals surface area contributed by atoms with E-state index < -0.39 is 49.4 Å². The van der Waals surface area contributed by atoms with Gasteiger partial charge in [-0.1, -0.05) is 173 Å². The molecule has 6 unspecified atom stereocenters. The Labute approximate surface area is 347 Å². The number of hydrogen-bond donors (Lipinski definition) is 4. The van der Waals surface area contributed by atoms with Crippen molar-refractivity contribution in [3.8, 4) is 0 Å². The minimum Gasteiger partial charge on any atom is -0.462 e. The summed E-state index contributed by atoms with van der Waals surface area (Å²) in [6.07, 6.45) is 34.6. The third-order valence-electron chi connectivity index (χ3n) is 10.8. The predicted octanol–water partition coefficient (Wildman–Crippen LogP) is 10.1. The highest BCUT2D eigenvalue weighted by Gasteiger charge is 2.44. The summed E-state index contributed by atoms with van der Waals surface area (Å²) < 4.78 is 22.2. The van der Waals surface area contributed by atoms with Crippen LogP contribution in [-0.2, 0) is 28.5 Å². The van der Waals surface area contributed by atoms with Gasteiger partial charge in [-0.3, -0.25) is 9.59 Å². The average Bonchev–Trinajstić information content (AvgIpc) is 3.21. The molecule has 1 saturated heterocycles. The summed E-state index contributed by atoms with van der Waals surface area (Å²) in [6, 6.07) is 0. The molecular formula is C47H86O10. The number of carbonyl (C=O) groups is 2. The molecule has 6 atom stereocenters. The van der Waals surface area contributed by atoms with E-state index in [0.717, 1.165) is 51.4 Å². The van der Waals surface area contributed by atoms with Gasteiger partial charge in [-0.25, -0.2) is 0 Å². The van der Waals surface area contributed by atoms with E-state index in [4.69, 9.17) is 18.9 Å². The molecule has 1 aliphatic heterocycles. The molecule has 0 aromatic carbocycles. The Bertz CT molecular complexity index is 985. The standard InChI is InChI=1S/C47H86O10/c1-3-5-7-9-11-13-15-17-18-19-20-21-22-24-26-28-30-32-34-36-43(50)56-40(39-55-47-46(53)45(52)44(51)41(37-48)57-47)38-54-42(49)35-33-31-29-27-25-23-16-14-12-10-8-6-4-2/h11,13,17-18,40-41,44-48,51-53H,3-10,12,14-16,19-39H2,1-2H3/b13-11-,18-17-. The zero-order valence-corrected chi connectivity index (χ0v) is 36.3. The first-order valence-corrected chi connectivity index (χ1v) is 23.4. The second-order valence-corrected chi connectivity index (χ2v) is 16.2. The molecule has 0 aliphatic carbocycles. The number of aliphatic hydroxyl groups is 4. The van der Waals surface area contributed by atoms with Gasteiger partial charge in [0.1, 0.15) is 31.0 Å². The lowest BCUT2D eigenvalue weighted by atomic mass is 9.99. The largest absolute Gasteiger partial charge is 0.462 e. The Hall–Kier alpha value is -1.82. The first-order valence-electron chi connectivity index (χ1n) is 23.4. The van der Waals surface area contributed by atoms with E-state index in [1.54, 1.807) is 0 Å². The summed E-state index contributed by atoms with van der Waals surface area (Å²) in [5.74, 6) is -0.803. The molecule has 0 aromatic rings. The lowest BCUT2D eigenvalue weighted by molar-refractivity contribution is -0.305. The fourth-order valence-electron chi connectivity index (χ4n) is 7.10. The van der Waals surface area contributed by atoms with Crippen molar-refractivity contribution in [1.29, 1.82) is 0 Å². The molecule has 334 valence electrons. The Morgan fingerprint density at radius 1 is 0.544 bits per heavy atom. The van der Waals surface area contributed by atoms with Crippen molar-refractivity contribution < 1.29 is 49.0 Å². The maximum Gasteiger partial charge on any atom is 0.306 e. The van der Waals surface area contributed by atoms with Crippen LogP contribution in [0.3, 0.4) is 0 Å². The first-order chi connectivity index (χ1) is 27.8. The molecule has 57 heavy (non-hydrogen) atoms. The second kappa shape index (κ2) is 38.4. The lowest BCUT2D eigenvalue weighted by Gasteiger charge is -2.39. The fourth-order valence-corrected chi connectivity index (χ4v) is 7.10. The molecule has 10 nitrogen and oxygen atoms in total. The molecule has 0 aromatic heterocycles. The van der Waals surface area contributed by atoms with Crippen LogP contribution < -0.4 is 0 Å². The third-order valence-corrected chi connectivity index (χ3v) is 10.8. The van der Waals surface area contributed by atoms with E-state index in [2.05, 4.69) is 38.2 Å². The molecule has 10 heteroatoms. The molecule has 1 fully saturated rings. The topological polar surface area (TPSA) is 152 Å². The van der Waals surface area contributed by atoms with Crippen LogP contribution in [0.2, 0.25) is 0 Å². The Morgan fingerprint density at radius 3 is 1.49 bits per heavy atom. The number of aliphatic hydroxyl groups excluding tert-OH is 4. The number of allylic oxidation sites excluding steroid dienone is 4. The van der Waals surface area contributed by atoms with Gasteiger partial charge in [0.2, 0.25) is 0 Å². The van der Waals surface area contributed by atoms with Crippen LogP contribution in [0.15, 0.2) is 24.3 Å². The van der Waals surface area contributed by atoms with Gasteiger partial charge in [0.15, 0.2) is 12.4 Å². The molecule has 0 amide bonds. The van der Waals surface area contributed by atoms with Crippen molar-refractivity contribution in [3.05, 3.63) is 24.3 Å². The van der Waals surface area contributed by atoms with E-state index in [0.29, 0.717) is 6.42 Å². The SMILES string of the molecule is CCCCC/C=C\C/C=C\CCCCCCCCCCCC(=O)OC(COC(=O)CCCCCCCCCCCCCCC)COC1OC(CO)C(O)C(O)C1O. The van der Waals surface area contributed by atoms with Crippen LogP contribution in [0.1, 0.15) is 206 Å². The molecular weight excluding hydrogens is 725 g/mol. The lowest BCUT2D eigenvalue weighted by Crippen LogP contribution is -2.59. The molecule has 1 aliphatic rings. The van der Waals surface area contributed by atoms with E-state index in [1.807, 2.05) is 0 Å². The Kier molecular flexibility index (Phi) is 35.8. The van der Waals surface area contributed by atoms with Gasteiger partial charge < -0.3 is 39.4 Å². The van der Waals surface area contributed by atoms with E-state index in [1.165, 1.54) is 122 Å². The summed E-state index contributed by atoms with van der Waals surface area (Å²) >= 11 is 0. The van der Waals surface area contributed by atoms with Gasteiger partial charge >= 0.3 is 11.9 Å². The normalized spacial score (nSPS) is 20.4. The highest BCUT2D eigenvalue weighted by Crippen LogP contribution is 2.23. The van der Waals surface area contributed by atoms with Crippen molar-refractivity contribution >= 4 is 11.9 Å². The van der Waals surface area contributed by atoms with Crippen LogP contribution >= 0.6 is 0 Å². The van der Waals surface area contributed by atoms with Crippen molar-refractivity contribution in [2.45, 2.75) is 243 Å². The van der Waals surface area contributed by atoms with Crippen LogP contribution in [0.4, 0.5) is 0 Å². The number of ether oxygens (including phenoxy) is 4.